The molecule has 0 radical (unpaired) electrons. The van der Waals surface area contributed by atoms with Crippen LogP contribution in [0.2, 0.25) is 0 Å². The van der Waals surface area contributed by atoms with Gasteiger partial charge in [0, 0.05) is 6.42 Å². The molecule has 3 atom stereocenters. The zero-order chi connectivity index (χ0) is 21.8. The predicted molar refractivity (Wildman–Crippen MR) is 109 cm³/mol. The van der Waals surface area contributed by atoms with Crippen LogP contribution in [-0.2, 0) is 15.7 Å². The number of hydrogen-bond donors (Lipinski definition) is 2. The number of cyclic esters (lactones) is 1. The largest absolute Gasteiger partial charge is 0.486 e. The lowest BCUT2D eigenvalue weighted by Gasteiger charge is -2.24. The molecule has 9 heteroatoms. The van der Waals surface area contributed by atoms with E-state index in [-0.39, 0.29) is 12.2 Å². The van der Waals surface area contributed by atoms with E-state index in [1.807, 2.05) is 36.6 Å². The maximum atomic E-state index is 12.8. The number of rotatable bonds is 8. The van der Waals surface area contributed by atoms with E-state index in [4.69, 9.17) is 15.2 Å². The van der Waals surface area contributed by atoms with Crippen molar-refractivity contribution in [3.05, 3.63) is 65.7 Å². The van der Waals surface area contributed by atoms with Crippen LogP contribution in [0.15, 0.2) is 54.6 Å². The fourth-order valence-corrected chi connectivity index (χ4v) is 3.68. The topological polar surface area (TPSA) is 73.6 Å². The number of carbonyl (C=O) groups excluding carboxylic acids is 1. The maximum Gasteiger partial charge on any atom is 0.416 e. The lowest BCUT2D eigenvalue weighted by Crippen LogP contribution is -2.56. The molecule has 0 spiro atoms. The minimum absolute atomic E-state index is 0.245. The van der Waals surface area contributed by atoms with Crippen LogP contribution in [0.1, 0.15) is 30.1 Å². The molecule has 3 N–H and O–H groups in total. The first-order valence-corrected chi connectivity index (χ1v) is 10.8. The summed E-state index contributed by atoms with van der Waals surface area (Å²) in [6.07, 6.45) is -3.07. The van der Waals surface area contributed by atoms with Crippen LogP contribution in [0, 0.1) is 0 Å². The maximum absolute atomic E-state index is 12.8. The molecule has 1 fully saturated rings. The fourth-order valence-electron chi connectivity index (χ4n) is 3.16. The van der Waals surface area contributed by atoms with Crippen LogP contribution in [-0.4, -0.2) is 29.9 Å². The summed E-state index contributed by atoms with van der Waals surface area (Å²) < 4.78 is 49.8. The summed E-state index contributed by atoms with van der Waals surface area (Å²) in [6.45, 7) is 0. The Morgan fingerprint density at radius 2 is 1.87 bits per heavy atom. The normalized spacial score (nSPS) is 22.6. The van der Waals surface area contributed by atoms with Gasteiger partial charge in [-0.05, 0) is 48.3 Å². The van der Waals surface area contributed by atoms with Crippen LogP contribution in [0.3, 0.4) is 0 Å². The summed E-state index contributed by atoms with van der Waals surface area (Å²) in [5.74, 6) is 0.445. The number of halogens is 3. The highest BCUT2D eigenvalue weighted by molar-refractivity contribution is 7.98. The number of esters is 1. The second kappa shape index (κ2) is 9.28. The molecule has 30 heavy (non-hydrogen) atoms. The number of nitrogens with two attached hydrogens (primary N) is 1. The number of carbonyl (C=O) groups is 1. The Morgan fingerprint density at radius 1 is 1.20 bits per heavy atom. The molecule has 0 aliphatic carbocycles. The van der Waals surface area contributed by atoms with Gasteiger partial charge >= 0.3 is 12.1 Å². The van der Waals surface area contributed by atoms with Crippen molar-refractivity contribution in [3.63, 3.8) is 0 Å². The summed E-state index contributed by atoms with van der Waals surface area (Å²) in [6, 6.07) is 13.7. The van der Waals surface area contributed by atoms with Crippen molar-refractivity contribution in [1.82, 2.24) is 5.32 Å². The molecule has 1 saturated heterocycles. The number of alkyl halides is 3. The van der Waals surface area contributed by atoms with Gasteiger partial charge < -0.3 is 15.2 Å². The lowest BCUT2D eigenvalue weighted by atomic mass is 10.0. The monoisotopic (exact) mass is 440 g/mol. The molecule has 162 valence electrons. The summed E-state index contributed by atoms with van der Waals surface area (Å²) in [4.78, 5) is 12.3. The van der Waals surface area contributed by atoms with E-state index in [9.17, 15) is 18.0 Å². The Hall–Kier alpha value is -2.23. The van der Waals surface area contributed by atoms with Gasteiger partial charge in [0.05, 0.1) is 5.56 Å². The number of thioether (sulfide) groups is 1. The SMILES string of the molecule is CSCCC1(N)NC(CC(Oc2ccc(C(F)(F)F)cc2)c2ccccc2)OC1=O. The van der Waals surface area contributed by atoms with Gasteiger partial charge in [0.15, 0.2) is 11.9 Å². The van der Waals surface area contributed by atoms with E-state index < -0.39 is 35.7 Å². The first-order chi connectivity index (χ1) is 14.2. The number of hydrogen-bond acceptors (Lipinski definition) is 6. The zero-order valence-electron chi connectivity index (χ0n) is 16.3. The van der Waals surface area contributed by atoms with Gasteiger partial charge in [-0.25, -0.2) is 4.79 Å². The van der Waals surface area contributed by atoms with Gasteiger partial charge in [-0.2, -0.15) is 24.9 Å². The average molecular weight is 440 g/mol. The van der Waals surface area contributed by atoms with E-state index in [0.29, 0.717) is 12.2 Å². The van der Waals surface area contributed by atoms with Gasteiger partial charge in [0.1, 0.15) is 11.9 Å². The van der Waals surface area contributed by atoms with E-state index in [0.717, 1.165) is 17.7 Å². The molecule has 1 aliphatic rings. The Kier molecular flexibility index (Phi) is 6.95. The second-order valence-corrected chi connectivity index (χ2v) is 8.01. The summed E-state index contributed by atoms with van der Waals surface area (Å²) >= 11 is 1.57. The second-order valence-electron chi connectivity index (χ2n) is 7.03. The van der Waals surface area contributed by atoms with Crippen LogP contribution in [0.25, 0.3) is 0 Å². The molecule has 1 heterocycles. The minimum Gasteiger partial charge on any atom is -0.486 e. The number of nitrogens with one attached hydrogen (secondary N) is 1. The van der Waals surface area contributed by atoms with E-state index in [1.165, 1.54) is 12.1 Å². The lowest BCUT2D eigenvalue weighted by molar-refractivity contribution is -0.146. The number of ether oxygens (including phenoxy) is 2. The first kappa shape index (κ1) is 22.5. The molecule has 3 unspecified atom stereocenters. The number of benzene rings is 2. The van der Waals surface area contributed by atoms with Gasteiger partial charge in [-0.3, -0.25) is 5.32 Å². The summed E-state index contributed by atoms with van der Waals surface area (Å²) in [7, 11) is 0. The Balaban J connectivity index is 1.75. The molecular weight excluding hydrogens is 417 g/mol. The van der Waals surface area contributed by atoms with Crippen LogP contribution >= 0.6 is 11.8 Å². The van der Waals surface area contributed by atoms with Crippen molar-refractivity contribution in [2.75, 3.05) is 12.0 Å². The standard InChI is InChI=1S/C21H23F3N2O3S/c1-30-12-11-20(25)19(27)29-18(26-20)13-17(14-5-3-2-4-6-14)28-16-9-7-15(8-10-16)21(22,23)24/h2-10,17-18,26H,11-13,25H2,1H3. The van der Waals surface area contributed by atoms with Gasteiger partial charge in [0.25, 0.3) is 0 Å². The Morgan fingerprint density at radius 3 is 2.47 bits per heavy atom. The highest BCUT2D eigenvalue weighted by Gasteiger charge is 2.45. The van der Waals surface area contributed by atoms with Crippen LogP contribution in [0.5, 0.6) is 5.75 Å². The van der Waals surface area contributed by atoms with Gasteiger partial charge in [-0.15, -0.1) is 0 Å². The van der Waals surface area contributed by atoms with E-state index >= 15 is 0 Å². The first-order valence-electron chi connectivity index (χ1n) is 9.37. The van der Waals surface area contributed by atoms with Gasteiger partial charge in [-0.1, -0.05) is 30.3 Å². The third kappa shape index (κ3) is 5.47. The van der Waals surface area contributed by atoms with Crippen LogP contribution < -0.4 is 15.8 Å². The van der Waals surface area contributed by atoms with Crippen molar-refractivity contribution >= 4 is 17.7 Å². The molecule has 3 rings (SSSR count). The zero-order valence-corrected chi connectivity index (χ0v) is 17.1. The summed E-state index contributed by atoms with van der Waals surface area (Å²) in [5.41, 5.74) is 4.95. The smallest absolute Gasteiger partial charge is 0.416 e. The Bertz CT molecular complexity index is 849. The van der Waals surface area contributed by atoms with Crippen molar-refractivity contribution in [1.29, 1.82) is 0 Å². The third-order valence-electron chi connectivity index (χ3n) is 4.79. The highest BCUT2D eigenvalue weighted by Crippen LogP contribution is 2.33. The quantitative estimate of drug-likeness (QED) is 0.603. The molecule has 0 saturated carbocycles. The minimum atomic E-state index is -4.42. The molecule has 1 aliphatic heterocycles. The molecule has 0 bridgehead atoms. The molecular formula is C21H23F3N2O3S. The van der Waals surface area contributed by atoms with Crippen molar-refractivity contribution in [2.45, 2.75) is 37.0 Å². The van der Waals surface area contributed by atoms with E-state index in [2.05, 4.69) is 5.32 Å². The predicted octanol–water partition coefficient (Wildman–Crippen LogP) is 4.10. The molecule has 0 amide bonds. The van der Waals surface area contributed by atoms with Gasteiger partial charge in [0.2, 0.25) is 0 Å². The fraction of sp³-hybridized carbons (Fsp3) is 0.381. The van der Waals surface area contributed by atoms with E-state index in [1.54, 1.807) is 11.8 Å². The molecule has 2 aromatic carbocycles. The van der Waals surface area contributed by atoms with Crippen LogP contribution in [0.4, 0.5) is 13.2 Å². The summed E-state index contributed by atoms with van der Waals surface area (Å²) in [5, 5.41) is 3.03. The van der Waals surface area contributed by atoms with Crippen molar-refractivity contribution in [3.8, 4) is 5.75 Å². The average Bonchev–Trinajstić information content (AvgIpc) is 3.00. The molecule has 5 nitrogen and oxygen atoms in total. The third-order valence-corrected chi connectivity index (χ3v) is 5.40. The highest BCUT2D eigenvalue weighted by atomic mass is 32.2. The molecule has 2 aromatic rings. The van der Waals surface area contributed by atoms with Crippen molar-refractivity contribution < 1.29 is 27.4 Å². The van der Waals surface area contributed by atoms with Crippen molar-refractivity contribution in [2.24, 2.45) is 5.73 Å². The Labute approximate surface area is 177 Å². The molecule has 0 aromatic heterocycles.